The van der Waals surface area contributed by atoms with Gasteiger partial charge in [0.15, 0.2) is 0 Å². The first-order valence-electron chi connectivity index (χ1n) is 5.61. The Kier molecular flexibility index (Phi) is 3.54. The van der Waals surface area contributed by atoms with Gasteiger partial charge in [-0.1, -0.05) is 12.1 Å². The van der Waals surface area contributed by atoms with Crippen LogP contribution in [-0.2, 0) is 13.1 Å². The van der Waals surface area contributed by atoms with Gasteiger partial charge >= 0.3 is 0 Å². The Labute approximate surface area is 100 Å². The van der Waals surface area contributed by atoms with Crippen LogP contribution in [-0.4, -0.2) is 16.8 Å². The monoisotopic (exact) mass is 233 g/mol. The molecule has 0 atom stereocenters. The van der Waals surface area contributed by atoms with Crippen LogP contribution in [0, 0.1) is 12.7 Å². The molecule has 2 aromatic rings. The molecule has 2 rings (SSSR count). The van der Waals surface area contributed by atoms with E-state index in [2.05, 4.69) is 10.4 Å². The van der Waals surface area contributed by atoms with Gasteiger partial charge in [-0.2, -0.15) is 5.10 Å². The van der Waals surface area contributed by atoms with Crippen LogP contribution in [0.2, 0.25) is 0 Å². The van der Waals surface area contributed by atoms with Crippen molar-refractivity contribution in [2.24, 2.45) is 0 Å². The Morgan fingerprint density at radius 3 is 2.94 bits per heavy atom. The molecule has 1 heterocycles. The zero-order valence-corrected chi connectivity index (χ0v) is 10.1. The van der Waals surface area contributed by atoms with Crippen molar-refractivity contribution in [3.05, 3.63) is 53.1 Å². The van der Waals surface area contributed by atoms with Crippen molar-refractivity contribution in [1.29, 1.82) is 0 Å². The molecule has 0 saturated heterocycles. The van der Waals surface area contributed by atoms with E-state index in [1.54, 1.807) is 12.1 Å². The fourth-order valence-electron chi connectivity index (χ4n) is 1.82. The summed E-state index contributed by atoms with van der Waals surface area (Å²) in [6.07, 6.45) is 1.85. The third kappa shape index (κ3) is 2.71. The number of nitrogens with zero attached hydrogens (tertiary/aromatic N) is 2. The van der Waals surface area contributed by atoms with Crippen LogP contribution in [0.3, 0.4) is 0 Å². The quantitative estimate of drug-likeness (QED) is 0.876. The van der Waals surface area contributed by atoms with Gasteiger partial charge in [-0.15, -0.1) is 0 Å². The van der Waals surface area contributed by atoms with Crippen molar-refractivity contribution in [3.8, 4) is 0 Å². The minimum atomic E-state index is -0.206. The Morgan fingerprint density at radius 1 is 1.41 bits per heavy atom. The average Bonchev–Trinajstić information content (AvgIpc) is 2.62. The van der Waals surface area contributed by atoms with Crippen molar-refractivity contribution in [2.45, 2.75) is 20.0 Å². The molecule has 0 spiro atoms. The van der Waals surface area contributed by atoms with Crippen molar-refractivity contribution in [1.82, 2.24) is 15.1 Å². The third-order valence-corrected chi connectivity index (χ3v) is 2.79. The molecular weight excluding hydrogens is 217 g/mol. The predicted molar refractivity (Wildman–Crippen MR) is 65.2 cm³/mol. The normalized spacial score (nSPS) is 10.8. The second-order valence-corrected chi connectivity index (χ2v) is 4.07. The van der Waals surface area contributed by atoms with E-state index >= 15 is 0 Å². The van der Waals surface area contributed by atoms with E-state index in [4.69, 9.17) is 0 Å². The molecule has 0 unspecified atom stereocenters. The van der Waals surface area contributed by atoms with E-state index in [1.165, 1.54) is 11.6 Å². The molecule has 0 fully saturated rings. The highest BCUT2D eigenvalue weighted by Gasteiger charge is 2.06. The maximum atomic E-state index is 13.1. The Bertz CT molecular complexity index is 505. The molecule has 17 heavy (non-hydrogen) atoms. The number of hydrogen-bond acceptors (Lipinski definition) is 2. The summed E-state index contributed by atoms with van der Waals surface area (Å²) < 4.78 is 14.9. The molecule has 0 aliphatic rings. The van der Waals surface area contributed by atoms with Crippen LogP contribution in [0.5, 0.6) is 0 Å². The lowest BCUT2D eigenvalue weighted by atomic mass is 10.2. The van der Waals surface area contributed by atoms with E-state index in [9.17, 15) is 4.39 Å². The van der Waals surface area contributed by atoms with Crippen LogP contribution < -0.4 is 5.32 Å². The first kappa shape index (κ1) is 11.8. The average molecular weight is 233 g/mol. The maximum absolute atomic E-state index is 13.1. The van der Waals surface area contributed by atoms with Crippen LogP contribution in [0.1, 0.15) is 16.8 Å². The molecule has 0 bridgehead atoms. The van der Waals surface area contributed by atoms with Crippen molar-refractivity contribution in [2.75, 3.05) is 7.05 Å². The van der Waals surface area contributed by atoms with Gasteiger partial charge in [0.1, 0.15) is 5.82 Å². The summed E-state index contributed by atoms with van der Waals surface area (Å²) in [7, 11) is 1.91. The summed E-state index contributed by atoms with van der Waals surface area (Å²) in [5, 5.41) is 7.41. The molecule has 0 aliphatic carbocycles. The highest BCUT2D eigenvalue weighted by Crippen LogP contribution is 2.10. The Balaban J connectivity index is 2.19. The second-order valence-electron chi connectivity index (χ2n) is 4.07. The molecule has 1 aromatic heterocycles. The van der Waals surface area contributed by atoms with E-state index in [0.717, 1.165) is 17.8 Å². The van der Waals surface area contributed by atoms with Gasteiger partial charge in [0.2, 0.25) is 0 Å². The minimum absolute atomic E-state index is 0.206. The van der Waals surface area contributed by atoms with Gasteiger partial charge in [-0.25, -0.2) is 4.39 Å². The van der Waals surface area contributed by atoms with Gasteiger partial charge < -0.3 is 5.32 Å². The van der Waals surface area contributed by atoms with Crippen molar-refractivity contribution >= 4 is 0 Å². The number of aromatic nitrogens is 2. The van der Waals surface area contributed by atoms with E-state index < -0.39 is 0 Å². The molecule has 0 aliphatic heterocycles. The lowest BCUT2D eigenvalue weighted by Gasteiger charge is -2.06. The topological polar surface area (TPSA) is 29.9 Å². The van der Waals surface area contributed by atoms with Crippen LogP contribution >= 0.6 is 0 Å². The summed E-state index contributed by atoms with van der Waals surface area (Å²) in [6.45, 7) is 3.43. The van der Waals surface area contributed by atoms with Gasteiger partial charge in [-0.3, -0.25) is 4.68 Å². The fraction of sp³-hybridized carbons (Fsp3) is 0.308. The van der Waals surface area contributed by atoms with E-state index in [-0.39, 0.29) is 5.82 Å². The molecule has 90 valence electrons. The zero-order valence-electron chi connectivity index (χ0n) is 10.1. The van der Waals surface area contributed by atoms with Gasteiger partial charge in [0, 0.05) is 17.8 Å². The minimum Gasteiger partial charge on any atom is -0.316 e. The second kappa shape index (κ2) is 5.10. The summed E-state index contributed by atoms with van der Waals surface area (Å²) in [5.41, 5.74) is 3.21. The molecule has 0 amide bonds. The number of nitrogens with one attached hydrogen (secondary N) is 1. The predicted octanol–water partition coefficient (Wildman–Crippen LogP) is 2.10. The van der Waals surface area contributed by atoms with Crippen molar-refractivity contribution in [3.63, 3.8) is 0 Å². The van der Waals surface area contributed by atoms with Crippen LogP contribution in [0.25, 0.3) is 0 Å². The third-order valence-electron chi connectivity index (χ3n) is 2.79. The first-order valence-corrected chi connectivity index (χ1v) is 5.61. The molecule has 0 saturated carbocycles. The zero-order chi connectivity index (χ0) is 12.3. The molecule has 4 heteroatoms. The van der Waals surface area contributed by atoms with Gasteiger partial charge in [0.25, 0.3) is 0 Å². The molecule has 0 radical (unpaired) electrons. The van der Waals surface area contributed by atoms with Crippen molar-refractivity contribution < 1.29 is 4.39 Å². The van der Waals surface area contributed by atoms with Crippen LogP contribution in [0.15, 0.2) is 30.5 Å². The Hall–Kier alpha value is -1.68. The summed E-state index contributed by atoms with van der Waals surface area (Å²) in [6, 6.07) is 6.62. The smallest absolute Gasteiger partial charge is 0.123 e. The molecule has 1 aromatic carbocycles. The SMILES string of the molecule is CNCc1cnn(Cc2cccc(F)c2)c1C. The first-order chi connectivity index (χ1) is 8.20. The highest BCUT2D eigenvalue weighted by molar-refractivity contribution is 5.20. The van der Waals surface area contributed by atoms with Crippen LogP contribution in [0.4, 0.5) is 4.39 Å². The van der Waals surface area contributed by atoms with Gasteiger partial charge in [0.05, 0.1) is 12.7 Å². The van der Waals surface area contributed by atoms with E-state index in [1.807, 2.05) is 30.9 Å². The number of halogens is 1. The summed E-state index contributed by atoms with van der Waals surface area (Å²) >= 11 is 0. The molecular formula is C13H16FN3. The standard InChI is InChI=1S/C13H16FN3/c1-10-12(7-15-2)8-16-17(10)9-11-4-3-5-13(14)6-11/h3-6,8,15H,7,9H2,1-2H3. The molecule has 1 N–H and O–H groups in total. The van der Waals surface area contributed by atoms with E-state index in [0.29, 0.717) is 6.54 Å². The lowest BCUT2D eigenvalue weighted by molar-refractivity contribution is 0.616. The number of benzene rings is 1. The highest BCUT2D eigenvalue weighted by atomic mass is 19.1. The lowest BCUT2D eigenvalue weighted by Crippen LogP contribution is -2.08. The van der Waals surface area contributed by atoms with Gasteiger partial charge in [-0.05, 0) is 31.7 Å². The molecule has 3 nitrogen and oxygen atoms in total. The largest absolute Gasteiger partial charge is 0.316 e. The maximum Gasteiger partial charge on any atom is 0.123 e. The fourth-order valence-corrected chi connectivity index (χ4v) is 1.82. The summed E-state index contributed by atoms with van der Waals surface area (Å²) in [5.74, 6) is -0.206. The summed E-state index contributed by atoms with van der Waals surface area (Å²) in [4.78, 5) is 0. The Morgan fingerprint density at radius 2 is 2.24 bits per heavy atom. The number of rotatable bonds is 4. The number of hydrogen-bond donors (Lipinski definition) is 1.